The highest BCUT2D eigenvalue weighted by atomic mass is 16.5. The Kier molecular flexibility index (Phi) is 4.87. The van der Waals surface area contributed by atoms with Gasteiger partial charge in [-0.15, -0.1) is 0 Å². The standard InChI is InChI=1S/C22H25NO4/c1-6-12(2)16-10-15(7-8-20(16)24)27-21-13(3)9-18-17(14(21)4)11-19(22(25)26)23(18)5/h7-12,24H,6H2,1-5H3,(H,25,26). The minimum atomic E-state index is -0.954. The van der Waals surface area contributed by atoms with Crippen molar-refractivity contribution < 1.29 is 19.7 Å². The second-order valence-electron chi connectivity index (χ2n) is 7.11. The van der Waals surface area contributed by atoms with Crippen LogP contribution in [-0.4, -0.2) is 20.7 Å². The van der Waals surface area contributed by atoms with Crippen LogP contribution < -0.4 is 4.74 Å². The van der Waals surface area contributed by atoms with Gasteiger partial charge in [0.1, 0.15) is 22.9 Å². The lowest BCUT2D eigenvalue weighted by Gasteiger charge is -2.16. The van der Waals surface area contributed by atoms with E-state index in [1.165, 1.54) is 0 Å². The fraction of sp³-hybridized carbons (Fsp3) is 0.318. The quantitative estimate of drug-likeness (QED) is 0.624. The van der Waals surface area contributed by atoms with Crippen molar-refractivity contribution in [1.29, 1.82) is 0 Å². The molecular weight excluding hydrogens is 342 g/mol. The van der Waals surface area contributed by atoms with Gasteiger partial charge in [-0.2, -0.15) is 0 Å². The second kappa shape index (κ2) is 6.99. The zero-order valence-electron chi connectivity index (χ0n) is 16.3. The molecule has 0 amide bonds. The predicted molar refractivity (Wildman–Crippen MR) is 106 cm³/mol. The number of phenolic OH excluding ortho intramolecular Hbond substituents is 1. The molecule has 1 heterocycles. The molecule has 5 nitrogen and oxygen atoms in total. The van der Waals surface area contributed by atoms with Crippen molar-refractivity contribution in [3.05, 3.63) is 52.7 Å². The summed E-state index contributed by atoms with van der Waals surface area (Å²) in [6.45, 7) is 8.03. The van der Waals surface area contributed by atoms with E-state index < -0.39 is 5.97 Å². The van der Waals surface area contributed by atoms with Crippen molar-refractivity contribution in [3.8, 4) is 17.2 Å². The highest BCUT2D eigenvalue weighted by Crippen LogP contribution is 2.38. The van der Waals surface area contributed by atoms with Crippen LogP contribution in [0.4, 0.5) is 0 Å². The van der Waals surface area contributed by atoms with E-state index >= 15 is 0 Å². The second-order valence-corrected chi connectivity index (χ2v) is 7.11. The number of carbonyl (C=O) groups is 1. The monoisotopic (exact) mass is 367 g/mol. The summed E-state index contributed by atoms with van der Waals surface area (Å²) < 4.78 is 7.86. The molecule has 0 fully saturated rings. The number of phenols is 1. The van der Waals surface area contributed by atoms with Gasteiger partial charge in [0.2, 0.25) is 0 Å². The molecule has 0 aliphatic carbocycles. The number of nitrogens with zero attached hydrogens (tertiary/aromatic N) is 1. The number of aromatic hydroxyl groups is 1. The molecule has 1 aromatic heterocycles. The SMILES string of the molecule is CCC(C)c1cc(Oc2c(C)cc3c(cc(C(=O)O)n3C)c2C)ccc1O. The summed E-state index contributed by atoms with van der Waals surface area (Å²) in [5, 5.41) is 20.4. The first kappa shape index (κ1) is 18.8. The molecule has 142 valence electrons. The van der Waals surface area contributed by atoms with Crippen LogP contribution in [0.2, 0.25) is 0 Å². The van der Waals surface area contributed by atoms with Crippen molar-refractivity contribution in [2.75, 3.05) is 0 Å². The lowest BCUT2D eigenvalue weighted by Crippen LogP contribution is -2.03. The van der Waals surface area contributed by atoms with Crippen LogP contribution in [0.15, 0.2) is 30.3 Å². The van der Waals surface area contributed by atoms with Gasteiger partial charge in [0, 0.05) is 29.1 Å². The minimum absolute atomic E-state index is 0.227. The number of carboxylic acid groups (broad SMARTS) is 1. The molecule has 3 aromatic rings. The molecule has 0 saturated heterocycles. The maximum Gasteiger partial charge on any atom is 0.352 e. The van der Waals surface area contributed by atoms with Gasteiger partial charge in [0.05, 0.1) is 0 Å². The third kappa shape index (κ3) is 3.25. The summed E-state index contributed by atoms with van der Waals surface area (Å²) in [6.07, 6.45) is 0.920. The summed E-state index contributed by atoms with van der Waals surface area (Å²) in [7, 11) is 1.75. The van der Waals surface area contributed by atoms with E-state index in [0.717, 1.165) is 34.0 Å². The van der Waals surface area contributed by atoms with Gasteiger partial charge in [-0.3, -0.25) is 0 Å². The lowest BCUT2D eigenvalue weighted by atomic mass is 9.97. The first-order valence-corrected chi connectivity index (χ1v) is 9.08. The summed E-state index contributed by atoms with van der Waals surface area (Å²) in [5.74, 6) is 0.916. The summed E-state index contributed by atoms with van der Waals surface area (Å²) in [5.41, 5.74) is 3.79. The highest BCUT2D eigenvalue weighted by molar-refractivity contribution is 5.97. The smallest absolute Gasteiger partial charge is 0.352 e. The molecule has 0 bridgehead atoms. The van der Waals surface area contributed by atoms with E-state index in [-0.39, 0.29) is 17.4 Å². The van der Waals surface area contributed by atoms with E-state index in [1.807, 2.05) is 26.0 Å². The fourth-order valence-electron chi connectivity index (χ4n) is 3.47. The number of aromatic nitrogens is 1. The van der Waals surface area contributed by atoms with Crippen molar-refractivity contribution >= 4 is 16.9 Å². The predicted octanol–water partition coefficient (Wildman–Crippen LogP) is 5.50. The number of rotatable bonds is 5. The van der Waals surface area contributed by atoms with Crippen molar-refractivity contribution in [3.63, 3.8) is 0 Å². The summed E-state index contributed by atoms with van der Waals surface area (Å²) >= 11 is 0. The molecule has 1 unspecified atom stereocenters. The first-order chi connectivity index (χ1) is 12.7. The molecule has 3 rings (SSSR count). The molecule has 5 heteroatoms. The zero-order valence-corrected chi connectivity index (χ0v) is 16.3. The fourth-order valence-corrected chi connectivity index (χ4v) is 3.47. The number of benzene rings is 2. The largest absolute Gasteiger partial charge is 0.508 e. The third-order valence-corrected chi connectivity index (χ3v) is 5.32. The number of fused-ring (bicyclic) bond motifs is 1. The third-order valence-electron chi connectivity index (χ3n) is 5.32. The van der Waals surface area contributed by atoms with Crippen molar-refractivity contribution in [2.24, 2.45) is 7.05 Å². The normalized spacial score (nSPS) is 12.3. The van der Waals surface area contributed by atoms with Crippen LogP contribution in [0.5, 0.6) is 17.2 Å². The number of aryl methyl sites for hydroxylation is 3. The first-order valence-electron chi connectivity index (χ1n) is 9.08. The van der Waals surface area contributed by atoms with E-state index in [9.17, 15) is 15.0 Å². The van der Waals surface area contributed by atoms with Gasteiger partial charge in [0.15, 0.2) is 0 Å². The lowest BCUT2D eigenvalue weighted by molar-refractivity contribution is 0.0687. The Morgan fingerprint density at radius 2 is 1.93 bits per heavy atom. The Balaban J connectivity index is 2.09. The van der Waals surface area contributed by atoms with E-state index in [0.29, 0.717) is 11.5 Å². The molecule has 0 saturated carbocycles. The van der Waals surface area contributed by atoms with Crippen LogP contribution in [0.1, 0.15) is 53.4 Å². The molecule has 2 aromatic carbocycles. The Bertz CT molecular complexity index is 1030. The Hall–Kier alpha value is -2.95. The number of ether oxygens (including phenoxy) is 1. The van der Waals surface area contributed by atoms with Crippen LogP contribution in [0.25, 0.3) is 10.9 Å². The molecule has 2 N–H and O–H groups in total. The topological polar surface area (TPSA) is 71.7 Å². The molecule has 27 heavy (non-hydrogen) atoms. The van der Waals surface area contributed by atoms with E-state index in [2.05, 4.69) is 13.8 Å². The maximum atomic E-state index is 11.4. The van der Waals surface area contributed by atoms with E-state index in [1.54, 1.807) is 29.8 Å². The minimum Gasteiger partial charge on any atom is -0.508 e. The summed E-state index contributed by atoms with van der Waals surface area (Å²) in [4.78, 5) is 11.4. The maximum absolute atomic E-state index is 11.4. The Morgan fingerprint density at radius 3 is 2.56 bits per heavy atom. The molecular formula is C22H25NO4. The van der Waals surface area contributed by atoms with Crippen LogP contribution >= 0.6 is 0 Å². The summed E-state index contributed by atoms with van der Waals surface area (Å²) in [6, 6.07) is 8.91. The van der Waals surface area contributed by atoms with Crippen molar-refractivity contribution in [1.82, 2.24) is 4.57 Å². The average Bonchev–Trinajstić information content (AvgIpc) is 2.96. The van der Waals surface area contributed by atoms with Gasteiger partial charge < -0.3 is 19.5 Å². The van der Waals surface area contributed by atoms with Gasteiger partial charge >= 0.3 is 5.97 Å². The Labute approximate surface area is 158 Å². The van der Waals surface area contributed by atoms with Gasteiger partial charge in [0.25, 0.3) is 0 Å². The van der Waals surface area contributed by atoms with Crippen LogP contribution in [0.3, 0.4) is 0 Å². The van der Waals surface area contributed by atoms with Crippen LogP contribution in [-0.2, 0) is 7.05 Å². The van der Waals surface area contributed by atoms with Gasteiger partial charge in [-0.25, -0.2) is 4.79 Å². The molecule has 0 aliphatic heterocycles. The highest BCUT2D eigenvalue weighted by Gasteiger charge is 2.18. The van der Waals surface area contributed by atoms with Crippen LogP contribution in [0, 0.1) is 13.8 Å². The van der Waals surface area contributed by atoms with E-state index in [4.69, 9.17) is 4.74 Å². The molecule has 0 aliphatic rings. The number of carboxylic acids is 1. The zero-order chi connectivity index (χ0) is 19.9. The average molecular weight is 367 g/mol. The molecule has 0 radical (unpaired) electrons. The number of aromatic carboxylic acids is 1. The van der Waals surface area contributed by atoms with Gasteiger partial charge in [-0.05, 0) is 62.1 Å². The Morgan fingerprint density at radius 1 is 1.22 bits per heavy atom. The molecule has 0 spiro atoms. The number of hydrogen-bond acceptors (Lipinski definition) is 3. The number of hydrogen-bond donors (Lipinski definition) is 2. The van der Waals surface area contributed by atoms with Gasteiger partial charge in [-0.1, -0.05) is 13.8 Å². The van der Waals surface area contributed by atoms with Crippen molar-refractivity contribution in [2.45, 2.75) is 40.0 Å². The molecule has 1 atom stereocenters.